The molecule has 1 fully saturated rings. The van der Waals surface area contributed by atoms with E-state index in [0.717, 1.165) is 11.1 Å². The van der Waals surface area contributed by atoms with Gasteiger partial charge < -0.3 is 10.4 Å². The fourth-order valence-corrected chi connectivity index (χ4v) is 2.38. The van der Waals surface area contributed by atoms with Crippen LogP contribution >= 0.6 is 0 Å². The van der Waals surface area contributed by atoms with E-state index >= 15 is 0 Å². The summed E-state index contributed by atoms with van der Waals surface area (Å²) in [7, 11) is 0. The molecule has 1 amide bonds. The third-order valence-corrected chi connectivity index (χ3v) is 3.99. The summed E-state index contributed by atoms with van der Waals surface area (Å²) >= 11 is 0. The highest BCUT2D eigenvalue weighted by Crippen LogP contribution is 2.39. The van der Waals surface area contributed by atoms with Crippen molar-refractivity contribution in [1.29, 1.82) is 0 Å². The van der Waals surface area contributed by atoms with Crippen molar-refractivity contribution in [1.82, 2.24) is 5.32 Å². The Morgan fingerprint density at radius 3 is 2.76 bits per heavy atom. The zero-order valence-electron chi connectivity index (χ0n) is 13.0. The third-order valence-electron chi connectivity index (χ3n) is 3.99. The van der Waals surface area contributed by atoms with Crippen molar-refractivity contribution in [3.05, 3.63) is 34.9 Å². The Bertz CT molecular complexity index is 589. The van der Waals surface area contributed by atoms with Crippen molar-refractivity contribution in [3.8, 4) is 11.8 Å². The molecule has 3 nitrogen and oxygen atoms in total. The fraction of sp³-hybridized carbons (Fsp3) is 0.500. The number of rotatable bonds is 4. The van der Waals surface area contributed by atoms with Crippen molar-refractivity contribution in [2.45, 2.75) is 45.6 Å². The number of hydrogen-bond acceptors (Lipinski definition) is 2. The van der Waals surface area contributed by atoms with Crippen LogP contribution < -0.4 is 5.32 Å². The zero-order chi connectivity index (χ0) is 15.5. The first kappa shape index (κ1) is 15.6. The number of aryl methyl sites for hydroxylation is 1. The van der Waals surface area contributed by atoms with E-state index in [9.17, 15) is 4.79 Å². The standard InChI is InChI=1S/C18H23NO2/c1-13-7-8-15(12-14(13)6-4-5-11-20)17(21)19-18(2,3)16-9-10-16/h7-8,12,16,20H,5,9-11H2,1-3H3,(H,19,21). The highest BCUT2D eigenvalue weighted by atomic mass is 16.2. The molecule has 2 N–H and O–H groups in total. The highest BCUT2D eigenvalue weighted by molar-refractivity contribution is 5.95. The Balaban J connectivity index is 2.14. The van der Waals surface area contributed by atoms with Crippen LogP contribution in [0.1, 0.15) is 54.6 Å². The van der Waals surface area contributed by atoms with E-state index < -0.39 is 0 Å². The SMILES string of the molecule is Cc1ccc(C(=O)NC(C)(C)C2CC2)cc1C#CCCO. The van der Waals surface area contributed by atoms with E-state index in [-0.39, 0.29) is 18.1 Å². The first-order valence-electron chi connectivity index (χ1n) is 7.47. The first-order valence-corrected chi connectivity index (χ1v) is 7.47. The Hall–Kier alpha value is -1.79. The van der Waals surface area contributed by atoms with Crippen LogP contribution in [0.15, 0.2) is 18.2 Å². The molecular formula is C18H23NO2. The first-order chi connectivity index (χ1) is 9.94. The Labute approximate surface area is 126 Å². The molecule has 1 aliphatic carbocycles. The second-order valence-corrected chi connectivity index (χ2v) is 6.26. The molecule has 0 unspecified atom stereocenters. The lowest BCUT2D eigenvalue weighted by atomic mass is 9.97. The van der Waals surface area contributed by atoms with Gasteiger partial charge in [-0.05, 0) is 57.2 Å². The predicted molar refractivity (Wildman–Crippen MR) is 84.0 cm³/mol. The van der Waals surface area contributed by atoms with E-state index in [1.807, 2.05) is 25.1 Å². The molecule has 1 aromatic rings. The summed E-state index contributed by atoms with van der Waals surface area (Å²) < 4.78 is 0. The van der Waals surface area contributed by atoms with Crippen LogP contribution in [-0.2, 0) is 0 Å². The monoisotopic (exact) mass is 285 g/mol. The smallest absolute Gasteiger partial charge is 0.251 e. The zero-order valence-corrected chi connectivity index (χ0v) is 13.0. The van der Waals surface area contributed by atoms with Crippen LogP contribution in [0, 0.1) is 24.7 Å². The summed E-state index contributed by atoms with van der Waals surface area (Å²) in [6.45, 7) is 6.19. The maximum atomic E-state index is 12.4. The van der Waals surface area contributed by atoms with E-state index in [4.69, 9.17) is 5.11 Å². The lowest BCUT2D eigenvalue weighted by Crippen LogP contribution is -2.45. The van der Waals surface area contributed by atoms with E-state index in [1.54, 1.807) is 0 Å². The lowest BCUT2D eigenvalue weighted by molar-refractivity contribution is 0.0903. The van der Waals surface area contributed by atoms with Crippen molar-refractivity contribution in [3.63, 3.8) is 0 Å². The van der Waals surface area contributed by atoms with Crippen LogP contribution in [0.2, 0.25) is 0 Å². The normalized spacial score (nSPS) is 14.3. The van der Waals surface area contributed by atoms with Gasteiger partial charge in [-0.2, -0.15) is 0 Å². The molecule has 112 valence electrons. The molecule has 1 saturated carbocycles. The minimum atomic E-state index is -0.148. The number of nitrogens with one attached hydrogen (secondary N) is 1. The summed E-state index contributed by atoms with van der Waals surface area (Å²) in [4.78, 5) is 12.4. The van der Waals surface area contributed by atoms with Crippen LogP contribution in [0.25, 0.3) is 0 Å². The topological polar surface area (TPSA) is 49.3 Å². The molecule has 2 rings (SSSR count). The minimum Gasteiger partial charge on any atom is -0.395 e. The summed E-state index contributed by atoms with van der Waals surface area (Å²) in [5, 5.41) is 11.9. The number of aliphatic hydroxyl groups is 1. The Morgan fingerprint density at radius 2 is 2.14 bits per heavy atom. The van der Waals surface area contributed by atoms with Gasteiger partial charge in [0.25, 0.3) is 5.91 Å². The predicted octanol–water partition coefficient (Wildman–Crippen LogP) is 2.65. The van der Waals surface area contributed by atoms with Gasteiger partial charge in [0.2, 0.25) is 0 Å². The maximum absolute atomic E-state index is 12.4. The van der Waals surface area contributed by atoms with Crippen molar-refractivity contribution < 1.29 is 9.90 Å². The summed E-state index contributed by atoms with van der Waals surface area (Å²) in [5.41, 5.74) is 2.38. The van der Waals surface area contributed by atoms with Crippen LogP contribution in [0.4, 0.5) is 0 Å². The van der Waals surface area contributed by atoms with Crippen LogP contribution in [0.3, 0.4) is 0 Å². The van der Waals surface area contributed by atoms with Gasteiger partial charge in [-0.25, -0.2) is 0 Å². The van der Waals surface area contributed by atoms with E-state index in [2.05, 4.69) is 31.0 Å². The second-order valence-electron chi connectivity index (χ2n) is 6.26. The summed E-state index contributed by atoms with van der Waals surface area (Å²) in [5.74, 6) is 6.47. The van der Waals surface area contributed by atoms with Gasteiger partial charge in [0.1, 0.15) is 0 Å². The summed E-state index contributed by atoms with van der Waals surface area (Å²) in [6, 6.07) is 5.59. The summed E-state index contributed by atoms with van der Waals surface area (Å²) in [6.07, 6.45) is 2.84. The number of hydrogen-bond donors (Lipinski definition) is 2. The Morgan fingerprint density at radius 1 is 1.43 bits per heavy atom. The second kappa shape index (κ2) is 6.32. The van der Waals surface area contributed by atoms with Gasteiger partial charge in [-0.1, -0.05) is 17.9 Å². The molecular weight excluding hydrogens is 262 g/mol. The molecule has 0 aliphatic heterocycles. The number of benzene rings is 1. The number of carbonyl (C=O) groups excluding carboxylic acids is 1. The van der Waals surface area contributed by atoms with E-state index in [0.29, 0.717) is 17.9 Å². The van der Waals surface area contributed by atoms with Gasteiger partial charge in [0.15, 0.2) is 0 Å². The molecule has 3 heteroatoms. The third kappa shape index (κ3) is 4.09. The molecule has 21 heavy (non-hydrogen) atoms. The molecule has 0 atom stereocenters. The fourth-order valence-electron chi connectivity index (χ4n) is 2.38. The molecule has 0 heterocycles. The molecule has 1 aliphatic rings. The average molecular weight is 285 g/mol. The molecule has 0 bridgehead atoms. The molecule has 0 aromatic heterocycles. The van der Waals surface area contributed by atoms with Gasteiger partial charge in [-0.3, -0.25) is 4.79 Å². The molecule has 0 saturated heterocycles. The van der Waals surface area contributed by atoms with Gasteiger partial charge >= 0.3 is 0 Å². The van der Waals surface area contributed by atoms with Crippen molar-refractivity contribution in [2.24, 2.45) is 5.92 Å². The lowest BCUT2D eigenvalue weighted by Gasteiger charge is -2.26. The Kier molecular flexibility index (Phi) is 4.69. The number of carbonyl (C=O) groups is 1. The molecule has 0 spiro atoms. The highest BCUT2D eigenvalue weighted by Gasteiger charge is 2.38. The molecule has 0 radical (unpaired) electrons. The van der Waals surface area contributed by atoms with Crippen LogP contribution in [-0.4, -0.2) is 23.2 Å². The number of aliphatic hydroxyl groups excluding tert-OH is 1. The van der Waals surface area contributed by atoms with Gasteiger partial charge in [0.05, 0.1) is 6.61 Å². The minimum absolute atomic E-state index is 0.0443. The van der Waals surface area contributed by atoms with Crippen molar-refractivity contribution >= 4 is 5.91 Å². The number of amides is 1. The van der Waals surface area contributed by atoms with Gasteiger partial charge in [0, 0.05) is 23.1 Å². The quantitative estimate of drug-likeness (QED) is 0.836. The van der Waals surface area contributed by atoms with Gasteiger partial charge in [-0.15, -0.1) is 0 Å². The maximum Gasteiger partial charge on any atom is 0.251 e. The van der Waals surface area contributed by atoms with Crippen LogP contribution in [0.5, 0.6) is 0 Å². The molecule has 1 aromatic carbocycles. The largest absolute Gasteiger partial charge is 0.395 e. The average Bonchev–Trinajstić information content (AvgIpc) is 3.25. The van der Waals surface area contributed by atoms with E-state index in [1.165, 1.54) is 12.8 Å². The van der Waals surface area contributed by atoms with Crippen molar-refractivity contribution in [2.75, 3.05) is 6.61 Å².